The molecule has 9 heteroatoms. The second-order valence-electron chi connectivity index (χ2n) is 8.58. The van der Waals surface area contributed by atoms with Crippen LogP contribution < -0.4 is 4.74 Å². The topological polar surface area (TPSA) is 95.5 Å². The molecule has 188 valence electrons. The zero-order valence-electron chi connectivity index (χ0n) is 20.0. The Labute approximate surface area is 230 Å². The Morgan fingerprint density at radius 1 is 0.676 bits per heavy atom. The molecular formula is C28H22Br2N2O5. The van der Waals surface area contributed by atoms with E-state index in [1.165, 1.54) is 0 Å². The van der Waals surface area contributed by atoms with Crippen LogP contribution in [0.4, 0.5) is 11.4 Å². The Hall–Kier alpha value is -3.56. The lowest BCUT2D eigenvalue weighted by atomic mass is 10.0. The highest BCUT2D eigenvalue weighted by Crippen LogP contribution is 2.45. The molecule has 0 heterocycles. The molecule has 0 unspecified atom stereocenters. The van der Waals surface area contributed by atoms with Crippen molar-refractivity contribution in [3.63, 3.8) is 0 Å². The lowest BCUT2D eigenvalue weighted by molar-refractivity contribution is -0.388. The highest BCUT2D eigenvalue weighted by atomic mass is 79.9. The average Bonchev–Trinajstić information content (AvgIpc) is 2.86. The van der Waals surface area contributed by atoms with Gasteiger partial charge in [0.1, 0.15) is 0 Å². The summed E-state index contributed by atoms with van der Waals surface area (Å²) in [5.74, 6) is -0.0979. The smallest absolute Gasteiger partial charge is 0.315 e. The van der Waals surface area contributed by atoms with E-state index in [0.717, 1.165) is 22.3 Å². The number of ether oxygens (including phenoxy) is 1. The van der Waals surface area contributed by atoms with Gasteiger partial charge in [-0.05, 0) is 92.9 Å². The van der Waals surface area contributed by atoms with Crippen LogP contribution in [-0.2, 0) is 12.8 Å². The van der Waals surface area contributed by atoms with Gasteiger partial charge >= 0.3 is 11.4 Å². The van der Waals surface area contributed by atoms with Crippen LogP contribution in [0.2, 0.25) is 0 Å². The molecule has 0 aliphatic carbocycles. The normalized spacial score (nSPS) is 10.8. The Bertz CT molecular complexity index is 1380. The van der Waals surface area contributed by atoms with E-state index in [2.05, 4.69) is 31.9 Å². The first kappa shape index (κ1) is 26.5. The van der Waals surface area contributed by atoms with Gasteiger partial charge in [-0.2, -0.15) is 0 Å². The fourth-order valence-electron chi connectivity index (χ4n) is 4.26. The van der Waals surface area contributed by atoms with E-state index in [-0.39, 0.29) is 22.9 Å². The third-order valence-corrected chi connectivity index (χ3v) is 8.28. The first-order valence-electron chi connectivity index (χ1n) is 11.4. The summed E-state index contributed by atoms with van der Waals surface area (Å²) in [5, 5.41) is 24.1. The molecule has 4 aromatic carbocycles. The zero-order chi connectivity index (χ0) is 26.7. The number of halogens is 2. The zero-order valence-corrected chi connectivity index (χ0v) is 23.2. The van der Waals surface area contributed by atoms with Crippen molar-refractivity contribution in [2.75, 3.05) is 0 Å². The van der Waals surface area contributed by atoms with Crippen molar-refractivity contribution in [3.8, 4) is 11.5 Å². The minimum absolute atomic E-state index is 0.0490. The Morgan fingerprint density at radius 2 is 1.03 bits per heavy atom. The summed E-state index contributed by atoms with van der Waals surface area (Å²) < 4.78 is 7.26. The molecule has 4 aromatic rings. The number of hydrogen-bond acceptors (Lipinski definition) is 5. The molecule has 0 atom stereocenters. The maximum atomic E-state index is 12.1. The number of nitro groups is 2. The maximum absolute atomic E-state index is 12.1. The summed E-state index contributed by atoms with van der Waals surface area (Å²) >= 11 is 7.02. The van der Waals surface area contributed by atoms with Crippen LogP contribution in [0, 0.1) is 34.1 Å². The van der Waals surface area contributed by atoms with Gasteiger partial charge in [0.05, 0.1) is 9.85 Å². The Morgan fingerprint density at radius 3 is 1.35 bits per heavy atom. The predicted molar refractivity (Wildman–Crippen MR) is 150 cm³/mol. The number of rotatable bonds is 8. The van der Waals surface area contributed by atoms with Crippen molar-refractivity contribution in [2.24, 2.45) is 0 Å². The highest BCUT2D eigenvalue weighted by molar-refractivity contribution is 9.10. The molecule has 0 saturated heterocycles. The SMILES string of the molecule is Cc1c(Br)c(Cc2ccccc2)cc(Oc2cc(Cc3ccccc3)c(Br)c(C)c2[N+](=O)[O-])c1[N+](=O)[O-]. The van der Waals surface area contributed by atoms with Crippen LogP contribution in [0.15, 0.2) is 81.7 Å². The van der Waals surface area contributed by atoms with E-state index in [4.69, 9.17) is 4.74 Å². The number of nitrogens with zero attached hydrogens (tertiary/aromatic N) is 2. The van der Waals surface area contributed by atoms with E-state index in [1.54, 1.807) is 26.0 Å². The maximum Gasteiger partial charge on any atom is 0.315 e. The molecule has 0 aromatic heterocycles. The van der Waals surface area contributed by atoms with Crippen molar-refractivity contribution >= 4 is 43.2 Å². The molecule has 0 bridgehead atoms. The Kier molecular flexibility index (Phi) is 8.04. The van der Waals surface area contributed by atoms with E-state index in [9.17, 15) is 20.2 Å². The second kappa shape index (κ2) is 11.2. The van der Waals surface area contributed by atoms with Gasteiger partial charge in [-0.25, -0.2) is 0 Å². The summed E-state index contributed by atoms with van der Waals surface area (Å²) in [7, 11) is 0. The van der Waals surface area contributed by atoms with Gasteiger partial charge in [0, 0.05) is 20.1 Å². The molecule has 7 nitrogen and oxygen atoms in total. The molecular weight excluding hydrogens is 604 g/mol. The summed E-state index contributed by atoms with van der Waals surface area (Å²) in [6, 6.07) is 22.5. The third kappa shape index (κ3) is 5.73. The van der Waals surface area contributed by atoms with E-state index in [0.29, 0.717) is 32.9 Å². The predicted octanol–water partition coefficient (Wildman–Crippen LogP) is 8.62. The van der Waals surface area contributed by atoms with Crippen LogP contribution in [0.25, 0.3) is 0 Å². The largest absolute Gasteiger partial charge is 0.443 e. The van der Waals surface area contributed by atoms with Crippen LogP contribution in [0.5, 0.6) is 11.5 Å². The molecule has 4 rings (SSSR count). The molecule has 0 aliphatic heterocycles. The fourth-order valence-corrected chi connectivity index (χ4v) is 5.14. The number of nitro benzene ring substituents is 2. The molecule has 37 heavy (non-hydrogen) atoms. The monoisotopic (exact) mass is 624 g/mol. The van der Waals surface area contributed by atoms with Crippen LogP contribution in [0.1, 0.15) is 33.4 Å². The van der Waals surface area contributed by atoms with Crippen LogP contribution >= 0.6 is 31.9 Å². The van der Waals surface area contributed by atoms with Crippen molar-refractivity contribution < 1.29 is 14.6 Å². The number of hydrogen-bond donors (Lipinski definition) is 0. The summed E-state index contributed by atoms with van der Waals surface area (Å²) in [5.41, 5.74) is 3.84. The minimum Gasteiger partial charge on any atom is -0.443 e. The van der Waals surface area contributed by atoms with Gasteiger partial charge in [0.15, 0.2) is 0 Å². The van der Waals surface area contributed by atoms with E-state index in [1.807, 2.05) is 60.7 Å². The van der Waals surface area contributed by atoms with Crippen molar-refractivity contribution in [1.82, 2.24) is 0 Å². The second-order valence-corrected chi connectivity index (χ2v) is 10.2. The molecule has 0 aliphatic rings. The van der Waals surface area contributed by atoms with Gasteiger partial charge < -0.3 is 4.74 Å². The molecule has 0 fully saturated rings. The molecule has 0 saturated carbocycles. The first-order valence-corrected chi connectivity index (χ1v) is 12.9. The summed E-state index contributed by atoms with van der Waals surface area (Å²) in [6.07, 6.45) is 0.995. The van der Waals surface area contributed by atoms with Gasteiger partial charge in [0.2, 0.25) is 11.5 Å². The standard InChI is InChI=1S/C28H22Br2N2O5/c1-17-25(29)21(13-19-9-5-3-6-10-19)15-23(27(17)31(33)34)37-24-16-22(14-20-11-7-4-8-12-20)26(30)18(2)28(24)32(35)36/h3-12,15-16H,13-14H2,1-2H3. The minimum atomic E-state index is -0.524. The highest BCUT2D eigenvalue weighted by Gasteiger charge is 2.29. The van der Waals surface area contributed by atoms with E-state index >= 15 is 0 Å². The lowest BCUT2D eigenvalue weighted by Crippen LogP contribution is -2.04. The summed E-state index contributed by atoms with van der Waals surface area (Å²) in [6.45, 7) is 3.26. The summed E-state index contributed by atoms with van der Waals surface area (Å²) in [4.78, 5) is 23.1. The first-order chi connectivity index (χ1) is 17.7. The molecule has 0 amide bonds. The van der Waals surface area contributed by atoms with Crippen molar-refractivity contribution in [2.45, 2.75) is 26.7 Å². The van der Waals surface area contributed by atoms with Gasteiger partial charge in [-0.15, -0.1) is 0 Å². The van der Waals surface area contributed by atoms with Crippen LogP contribution in [-0.4, -0.2) is 9.85 Å². The van der Waals surface area contributed by atoms with Gasteiger partial charge in [-0.3, -0.25) is 20.2 Å². The van der Waals surface area contributed by atoms with E-state index < -0.39 is 9.85 Å². The Balaban J connectivity index is 1.86. The fraction of sp³-hybridized carbons (Fsp3) is 0.143. The van der Waals surface area contributed by atoms with Gasteiger partial charge in [0.25, 0.3) is 0 Å². The van der Waals surface area contributed by atoms with Crippen LogP contribution in [0.3, 0.4) is 0 Å². The van der Waals surface area contributed by atoms with Gasteiger partial charge in [-0.1, -0.05) is 60.7 Å². The average molecular weight is 626 g/mol. The third-order valence-electron chi connectivity index (χ3n) is 6.07. The van der Waals surface area contributed by atoms with Crippen molar-refractivity contribution in [1.29, 1.82) is 0 Å². The molecule has 0 N–H and O–H groups in total. The quantitative estimate of drug-likeness (QED) is 0.144. The number of benzene rings is 4. The van der Waals surface area contributed by atoms with Crippen molar-refractivity contribution in [3.05, 3.63) is 135 Å². The molecule has 0 spiro atoms. The lowest BCUT2D eigenvalue weighted by Gasteiger charge is -2.16. The molecule has 0 radical (unpaired) electrons.